The zero-order valence-electron chi connectivity index (χ0n) is 12.0. The summed E-state index contributed by atoms with van der Waals surface area (Å²) in [6, 6.07) is 0. The van der Waals surface area contributed by atoms with Crippen molar-refractivity contribution in [3.8, 4) is 0 Å². The fourth-order valence-corrected chi connectivity index (χ4v) is 2.06. The van der Waals surface area contributed by atoms with Gasteiger partial charge >= 0.3 is 11.9 Å². The molecule has 1 saturated heterocycles. The summed E-state index contributed by atoms with van der Waals surface area (Å²) >= 11 is 0. The van der Waals surface area contributed by atoms with Crippen LogP contribution in [0.5, 0.6) is 0 Å². The molecule has 0 N–H and O–H groups in total. The third-order valence-corrected chi connectivity index (χ3v) is 3.17. The predicted molar refractivity (Wildman–Crippen MR) is 66.5 cm³/mol. The standard InChI is InChI=1S/C13H22O6/c1-12(8-16-3,9-17-4)11(15)19-13(2)5-6-18-10(14)7-13/h5-9H2,1-4H3. The Kier molecular flexibility index (Phi) is 5.31. The second-order valence-electron chi connectivity index (χ2n) is 5.41. The van der Waals surface area contributed by atoms with Gasteiger partial charge in [0.2, 0.25) is 0 Å². The maximum absolute atomic E-state index is 12.3. The minimum absolute atomic E-state index is 0.0782. The molecule has 0 spiro atoms. The lowest BCUT2D eigenvalue weighted by atomic mass is 9.91. The van der Waals surface area contributed by atoms with Crippen LogP contribution in [0.25, 0.3) is 0 Å². The molecule has 1 heterocycles. The van der Waals surface area contributed by atoms with Crippen molar-refractivity contribution in [1.82, 2.24) is 0 Å². The molecule has 0 radical (unpaired) electrons. The van der Waals surface area contributed by atoms with E-state index in [0.29, 0.717) is 6.42 Å². The molecule has 0 aliphatic carbocycles. The summed E-state index contributed by atoms with van der Waals surface area (Å²) < 4.78 is 20.5. The maximum Gasteiger partial charge on any atom is 0.317 e. The van der Waals surface area contributed by atoms with Gasteiger partial charge in [-0.2, -0.15) is 0 Å². The number of carbonyl (C=O) groups is 2. The van der Waals surface area contributed by atoms with Gasteiger partial charge in [0.15, 0.2) is 0 Å². The van der Waals surface area contributed by atoms with Crippen molar-refractivity contribution in [1.29, 1.82) is 0 Å². The van der Waals surface area contributed by atoms with Crippen molar-refractivity contribution in [2.24, 2.45) is 5.41 Å². The molecule has 0 bridgehead atoms. The van der Waals surface area contributed by atoms with E-state index in [1.165, 1.54) is 14.2 Å². The first kappa shape index (κ1) is 15.9. The Morgan fingerprint density at radius 1 is 1.37 bits per heavy atom. The Bertz CT molecular complexity index is 334. The van der Waals surface area contributed by atoms with Crippen LogP contribution in [0.1, 0.15) is 26.7 Å². The van der Waals surface area contributed by atoms with Gasteiger partial charge in [-0.1, -0.05) is 0 Å². The smallest absolute Gasteiger partial charge is 0.317 e. The van der Waals surface area contributed by atoms with E-state index in [-0.39, 0.29) is 32.2 Å². The van der Waals surface area contributed by atoms with E-state index in [1.807, 2.05) is 0 Å². The molecule has 1 atom stereocenters. The number of hydrogen-bond donors (Lipinski definition) is 0. The molecular weight excluding hydrogens is 252 g/mol. The molecule has 0 amide bonds. The van der Waals surface area contributed by atoms with Crippen molar-refractivity contribution < 1.29 is 28.5 Å². The fourth-order valence-electron chi connectivity index (χ4n) is 2.06. The molecule has 6 nitrogen and oxygen atoms in total. The van der Waals surface area contributed by atoms with E-state index < -0.39 is 17.0 Å². The van der Waals surface area contributed by atoms with Crippen LogP contribution in [0, 0.1) is 5.41 Å². The normalized spacial score (nSPS) is 23.9. The second kappa shape index (κ2) is 6.34. The third kappa shape index (κ3) is 4.18. The lowest BCUT2D eigenvalue weighted by Crippen LogP contribution is -2.46. The minimum Gasteiger partial charge on any atom is -0.465 e. The van der Waals surface area contributed by atoms with Gasteiger partial charge in [-0.15, -0.1) is 0 Å². The SMILES string of the molecule is COCC(C)(COC)C(=O)OC1(C)CCOC(=O)C1. The zero-order valence-corrected chi connectivity index (χ0v) is 12.0. The molecule has 1 rings (SSSR count). The Balaban J connectivity index is 2.72. The number of methoxy groups -OCH3 is 2. The van der Waals surface area contributed by atoms with Crippen molar-refractivity contribution in [3.63, 3.8) is 0 Å². The van der Waals surface area contributed by atoms with Crippen LogP contribution in [0.2, 0.25) is 0 Å². The minimum atomic E-state index is -0.881. The van der Waals surface area contributed by atoms with E-state index in [1.54, 1.807) is 13.8 Å². The molecule has 0 aromatic carbocycles. The van der Waals surface area contributed by atoms with Gasteiger partial charge in [0, 0.05) is 20.6 Å². The molecule has 6 heteroatoms. The lowest BCUT2D eigenvalue weighted by molar-refractivity contribution is -0.187. The molecule has 1 fully saturated rings. The summed E-state index contributed by atoms with van der Waals surface area (Å²) in [7, 11) is 3.03. The van der Waals surface area contributed by atoms with Crippen molar-refractivity contribution in [2.75, 3.05) is 34.0 Å². The number of hydrogen-bond acceptors (Lipinski definition) is 6. The number of ether oxygens (including phenoxy) is 4. The van der Waals surface area contributed by atoms with Crippen LogP contribution >= 0.6 is 0 Å². The Labute approximate surface area is 113 Å². The summed E-state index contributed by atoms with van der Waals surface area (Å²) in [6.45, 7) is 4.12. The summed E-state index contributed by atoms with van der Waals surface area (Å²) in [4.78, 5) is 23.6. The van der Waals surface area contributed by atoms with E-state index in [0.717, 1.165) is 0 Å². The predicted octanol–water partition coefficient (Wildman–Crippen LogP) is 0.924. The molecule has 19 heavy (non-hydrogen) atoms. The lowest BCUT2D eigenvalue weighted by Gasteiger charge is -2.36. The van der Waals surface area contributed by atoms with Gasteiger partial charge in [0.25, 0.3) is 0 Å². The molecule has 1 unspecified atom stereocenters. The molecule has 110 valence electrons. The number of cyclic esters (lactones) is 1. The van der Waals surface area contributed by atoms with Gasteiger partial charge in [-0.05, 0) is 13.8 Å². The Morgan fingerprint density at radius 3 is 2.42 bits per heavy atom. The molecule has 0 aromatic heterocycles. The molecular formula is C13H22O6. The van der Waals surface area contributed by atoms with Crippen molar-refractivity contribution in [2.45, 2.75) is 32.3 Å². The van der Waals surface area contributed by atoms with E-state index >= 15 is 0 Å². The van der Waals surface area contributed by atoms with Gasteiger partial charge in [0.1, 0.15) is 11.0 Å². The number of carbonyl (C=O) groups excluding carboxylic acids is 2. The highest BCUT2D eigenvalue weighted by Crippen LogP contribution is 2.29. The summed E-state index contributed by atoms with van der Waals surface area (Å²) in [5, 5.41) is 0. The zero-order chi connectivity index (χ0) is 14.5. The van der Waals surface area contributed by atoms with Gasteiger partial charge < -0.3 is 18.9 Å². The van der Waals surface area contributed by atoms with Gasteiger partial charge in [0.05, 0.1) is 26.2 Å². The van der Waals surface area contributed by atoms with Crippen LogP contribution < -0.4 is 0 Å². The van der Waals surface area contributed by atoms with Crippen LogP contribution in [0.4, 0.5) is 0 Å². The summed E-state index contributed by atoms with van der Waals surface area (Å²) in [5.74, 6) is -0.768. The van der Waals surface area contributed by atoms with Gasteiger partial charge in [-0.3, -0.25) is 9.59 Å². The quantitative estimate of drug-likeness (QED) is 0.671. The van der Waals surface area contributed by atoms with Crippen molar-refractivity contribution in [3.05, 3.63) is 0 Å². The van der Waals surface area contributed by atoms with E-state index in [2.05, 4.69) is 0 Å². The van der Waals surface area contributed by atoms with Crippen LogP contribution in [0.3, 0.4) is 0 Å². The molecule has 1 aliphatic heterocycles. The molecule has 0 aromatic rings. The summed E-state index contributed by atoms with van der Waals surface area (Å²) in [6.07, 6.45) is 0.579. The summed E-state index contributed by atoms with van der Waals surface area (Å²) in [5.41, 5.74) is -1.69. The van der Waals surface area contributed by atoms with Crippen LogP contribution in [-0.2, 0) is 28.5 Å². The van der Waals surface area contributed by atoms with E-state index in [9.17, 15) is 9.59 Å². The first-order valence-electron chi connectivity index (χ1n) is 6.22. The maximum atomic E-state index is 12.3. The fraction of sp³-hybridized carbons (Fsp3) is 0.846. The van der Waals surface area contributed by atoms with E-state index in [4.69, 9.17) is 18.9 Å². The highest BCUT2D eigenvalue weighted by Gasteiger charge is 2.42. The van der Waals surface area contributed by atoms with Crippen LogP contribution in [-0.4, -0.2) is 51.6 Å². The first-order valence-corrected chi connectivity index (χ1v) is 6.22. The molecule has 1 aliphatic rings. The largest absolute Gasteiger partial charge is 0.465 e. The Hall–Kier alpha value is -1.14. The highest BCUT2D eigenvalue weighted by atomic mass is 16.6. The highest BCUT2D eigenvalue weighted by molar-refractivity contribution is 5.78. The van der Waals surface area contributed by atoms with Gasteiger partial charge in [-0.25, -0.2) is 0 Å². The topological polar surface area (TPSA) is 71.1 Å². The monoisotopic (exact) mass is 274 g/mol. The van der Waals surface area contributed by atoms with Crippen LogP contribution in [0.15, 0.2) is 0 Å². The first-order chi connectivity index (χ1) is 8.85. The average molecular weight is 274 g/mol. The average Bonchev–Trinajstić information content (AvgIpc) is 2.28. The molecule has 0 saturated carbocycles. The number of esters is 2. The third-order valence-electron chi connectivity index (χ3n) is 3.17. The second-order valence-corrected chi connectivity index (χ2v) is 5.41. The van der Waals surface area contributed by atoms with Crippen molar-refractivity contribution >= 4 is 11.9 Å². The Morgan fingerprint density at radius 2 is 1.95 bits per heavy atom. The number of rotatable bonds is 6.